The van der Waals surface area contributed by atoms with Gasteiger partial charge >= 0.3 is 0 Å². The molecule has 20 heavy (non-hydrogen) atoms. The van der Waals surface area contributed by atoms with Gasteiger partial charge in [-0.3, -0.25) is 14.9 Å². The van der Waals surface area contributed by atoms with E-state index in [4.69, 9.17) is 5.73 Å². The van der Waals surface area contributed by atoms with E-state index in [9.17, 15) is 4.79 Å². The first kappa shape index (κ1) is 12.2. The number of H-pyrrole nitrogens is 1. The number of para-hydroxylation sites is 1. The highest BCUT2D eigenvalue weighted by Crippen LogP contribution is 2.22. The van der Waals surface area contributed by atoms with Crippen LogP contribution in [0.15, 0.2) is 36.5 Å². The molecule has 0 spiro atoms. The average Bonchev–Trinajstić information content (AvgIpc) is 2.86. The molecule has 3 rings (SSSR count). The Morgan fingerprint density at radius 3 is 2.90 bits per heavy atom. The lowest BCUT2D eigenvalue weighted by Gasteiger charge is -2.08. The van der Waals surface area contributed by atoms with Gasteiger partial charge in [-0.05, 0) is 19.1 Å². The highest BCUT2D eigenvalue weighted by atomic mass is 16.2. The van der Waals surface area contributed by atoms with Crippen molar-refractivity contribution in [2.24, 2.45) is 0 Å². The Labute approximate surface area is 115 Å². The average molecular weight is 267 g/mol. The van der Waals surface area contributed by atoms with Gasteiger partial charge in [-0.25, -0.2) is 0 Å². The van der Waals surface area contributed by atoms with Gasteiger partial charge in [0.1, 0.15) is 5.69 Å². The molecular formula is C14H13N5O. The van der Waals surface area contributed by atoms with Gasteiger partial charge in [0.05, 0.1) is 23.1 Å². The van der Waals surface area contributed by atoms with Crippen LogP contribution in [0.25, 0.3) is 10.9 Å². The quantitative estimate of drug-likeness (QED) is 0.662. The number of aromatic amines is 1. The summed E-state index contributed by atoms with van der Waals surface area (Å²) in [5.74, 6) is -0.337. The molecule has 2 heterocycles. The third kappa shape index (κ3) is 2.07. The lowest BCUT2D eigenvalue weighted by atomic mass is 10.1. The zero-order chi connectivity index (χ0) is 14.1. The molecule has 0 aliphatic rings. The number of carbonyl (C=O) groups is 1. The van der Waals surface area contributed by atoms with Crippen molar-refractivity contribution in [3.05, 3.63) is 47.9 Å². The number of nitrogen functional groups attached to an aromatic ring is 1. The molecule has 0 saturated heterocycles. The topological polar surface area (TPSA) is 96.7 Å². The number of aromatic nitrogens is 3. The van der Waals surface area contributed by atoms with Crippen molar-refractivity contribution in [1.82, 2.24) is 15.2 Å². The van der Waals surface area contributed by atoms with E-state index in [1.165, 1.54) is 6.20 Å². The lowest BCUT2D eigenvalue weighted by molar-refractivity contribution is 0.102. The fraction of sp³-hybridized carbons (Fsp3) is 0.0714. The Kier molecular flexibility index (Phi) is 2.83. The van der Waals surface area contributed by atoms with Crippen LogP contribution < -0.4 is 11.1 Å². The normalized spacial score (nSPS) is 10.7. The smallest absolute Gasteiger partial charge is 0.275 e. The summed E-state index contributed by atoms with van der Waals surface area (Å²) in [4.78, 5) is 16.6. The van der Waals surface area contributed by atoms with Crippen LogP contribution in [0.2, 0.25) is 0 Å². The fourth-order valence-electron chi connectivity index (χ4n) is 2.01. The molecule has 4 N–H and O–H groups in total. The van der Waals surface area contributed by atoms with Gasteiger partial charge in [0, 0.05) is 11.1 Å². The molecule has 0 unspecified atom stereocenters. The molecule has 6 nitrogen and oxygen atoms in total. The molecule has 6 heteroatoms. The third-order valence-corrected chi connectivity index (χ3v) is 3.00. The number of nitrogens with two attached hydrogens (primary N) is 1. The van der Waals surface area contributed by atoms with E-state index in [1.54, 1.807) is 6.07 Å². The van der Waals surface area contributed by atoms with E-state index in [1.807, 2.05) is 31.2 Å². The van der Waals surface area contributed by atoms with E-state index in [0.717, 1.165) is 16.6 Å². The van der Waals surface area contributed by atoms with Crippen LogP contribution in [-0.2, 0) is 0 Å². The number of fused-ring (bicyclic) bond motifs is 1. The fourth-order valence-corrected chi connectivity index (χ4v) is 2.01. The number of carbonyl (C=O) groups excluding carboxylic acids is 1. The molecule has 0 aliphatic heterocycles. The van der Waals surface area contributed by atoms with Crippen LogP contribution in [-0.4, -0.2) is 21.1 Å². The van der Waals surface area contributed by atoms with Crippen LogP contribution in [0.1, 0.15) is 16.2 Å². The predicted molar refractivity (Wildman–Crippen MR) is 77.4 cm³/mol. The van der Waals surface area contributed by atoms with Crippen LogP contribution >= 0.6 is 0 Å². The molecule has 0 bridgehead atoms. The maximum absolute atomic E-state index is 12.1. The van der Waals surface area contributed by atoms with Crippen LogP contribution in [0.4, 0.5) is 11.4 Å². The first-order chi connectivity index (χ1) is 9.65. The van der Waals surface area contributed by atoms with E-state index >= 15 is 0 Å². The van der Waals surface area contributed by atoms with E-state index in [2.05, 4.69) is 20.5 Å². The summed E-state index contributed by atoms with van der Waals surface area (Å²) in [5.41, 5.74) is 8.50. The predicted octanol–water partition coefficient (Wildman–Crippen LogP) is 2.10. The number of nitrogens with one attached hydrogen (secondary N) is 2. The van der Waals surface area contributed by atoms with E-state index in [-0.39, 0.29) is 11.6 Å². The van der Waals surface area contributed by atoms with Crippen molar-refractivity contribution in [2.45, 2.75) is 6.92 Å². The summed E-state index contributed by atoms with van der Waals surface area (Å²) in [7, 11) is 0. The van der Waals surface area contributed by atoms with Crippen molar-refractivity contribution in [1.29, 1.82) is 0 Å². The summed E-state index contributed by atoms with van der Waals surface area (Å²) in [6.07, 6.45) is 1.40. The number of hydrogen-bond acceptors (Lipinski definition) is 4. The van der Waals surface area contributed by atoms with Crippen molar-refractivity contribution >= 4 is 28.2 Å². The van der Waals surface area contributed by atoms with Crippen LogP contribution in [0.3, 0.4) is 0 Å². The Balaban J connectivity index is 2.01. The Bertz CT molecular complexity index is 793. The second-order valence-electron chi connectivity index (χ2n) is 4.48. The number of nitrogens with zero attached hydrogens (tertiary/aromatic N) is 2. The standard InChI is InChI=1S/C14H13N5O/c1-8-5-6-9-3-2-4-11(12(9)17-8)18-14(20)13-10(15)7-16-19-13/h2-7H,15H2,1H3,(H,16,19)(H,18,20). The molecule has 0 radical (unpaired) electrons. The molecule has 0 fully saturated rings. The van der Waals surface area contributed by atoms with Gasteiger partial charge in [-0.1, -0.05) is 18.2 Å². The monoisotopic (exact) mass is 267 g/mol. The number of amides is 1. The maximum Gasteiger partial charge on any atom is 0.275 e. The highest BCUT2D eigenvalue weighted by Gasteiger charge is 2.13. The molecule has 0 saturated carbocycles. The summed E-state index contributed by atoms with van der Waals surface area (Å²) in [6.45, 7) is 1.91. The molecular weight excluding hydrogens is 254 g/mol. The number of anilines is 2. The minimum atomic E-state index is -0.337. The summed E-state index contributed by atoms with van der Waals surface area (Å²) in [6, 6.07) is 9.52. The third-order valence-electron chi connectivity index (χ3n) is 3.00. The van der Waals surface area contributed by atoms with Gasteiger partial charge < -0.3 is 11.1 Å². The first-order valence-electron chi connectivity index (χ1n) is 6.12. The molecule has 0 aliphatic carbocycles. The van der Waals surface area contributed by atoms with Gasteiger partial charge in [-0.15, -0.1) is 0 Å². The largest absolute Gasteiger partial charge is 0.396 e. The molecule has 0 atom stereocenters. The van der Waals surface area contributed by atoms with Gasteiger partial charge in [0.15, 0.2) is 0 Å². The Morgan fingerprint density at radius 1 is 1.30 bits per heavy atom. The highest BCUT2D eigenvalue weighted by molar-refractivity contribution is 6.09. The number of aryl methyl sites for hydroxylation is 1. The second kappa shape index (κ2) is 4.65. The minimum absolute atomic E-state index is 0.245. The molecule has 100 valence electrons. The summed E-state index contributed by atoms with van der Waals surface area (Å²) >= 11 is 0. The summed E-state index contributed by atoms with van der Waals surface area (Å²) in [5, 5.41) is 10.1. The minimum Gasteiger partial charge on any atom is -0.396 e. The van der Waals surface area contributed by atoms with Crippen molar-refractivity contribution < 1.29 is 4.79 Å². The Morgan fingerprint density at radius 2 is 2.15 bits per heavy atom. The van der Waals surface area contributed by atoms with Crippen molar-refractivity contribution in [3.63, 3.8) is 0 Å². The summed E-state index contributed by atoms with van der Waals surface area (Å²) < 4.78 is 0. The maximum atomic E-state index is 12.1. The molecule has 2 aromatic heterocycles. The lowest BCUT2D eigenvalue weighted by Crippen LogP contribution is -2.14. The molecule has 3 aromatic rings. The SMILES string of the molecule is Cc1ccc2cccc(NC(=O)c3[nH]ncc3N)c2n1. The number of benzene rings is 1. The zero-order valence-corrected chi connectivity index (χ0v) is 10.8. The number of hydrogen-bond donors (Lipinski definition) is 3. The number of rotatable bonds is 2. The molecule has 1 aromatic carbocycles. The van der Waals surface area contributed by atoms with E-state index in [0.29, 0.717) is 11.4 Å². The number of pyridine rings is 1. The van der Waals surface area contributed by atoms with Gasteiger partial charge in [0.2, 0.25) is 0 Å². The molecule has 1 amide bonds. The van der Waals surface area contributed by atoms with Gasteiger partial charge in [-0.2, -0.15) is 5.10 Å². The first-order valence-corrected chi connectivity index (χ1v) is 6.12. The van der Waals surface area contributed by atoms with Gasteiger partial charge in [0.25, 0.3) is 5.91 Å². The Hall–Kier alpha value is -2.89. The van der Waals surface area contributed by atoms with Crippen LogP contribution in [0.5, 0.6) is 0 Å². The zero-order valence-electron chi connectivity index (χ0n) is 10.8. The van der Waals surface area contributed by atoms with Crippen molar-refractivity contribution in [3.8, 4) is 0 Å². The van der Waals surface area contributed by atoms with E-state index < -0.39 is 0 Å². The van der Waals surface area contributed by atoms with Crippen LogP contribution in [0, 0.1) is 6.92 Å². The second-order valence-corrected chi connectivity index (χ2v) is 4.48. The van der Waals surface area contributed by atoms with Crippen molar-refractivity contribution in [2.75, 3.05) is 11.1 Å².